The zero-order valence-electron chi connectivity index (χ0n) is 16.5. The van der Waals surface area contributed by atoms with E-state index < -0.39 is 35.5 Å². The Bertz CT molecular complexity index is 1340. The van der Waals surface area contributed by atoms with Crippen LogP contribution in [0.15, 0.2) is 51.3 Å². The predicted molar refractivity (Wildman–Crippen MR) is 103 cm³/mol. The fourth-order valence-corrected chi connectivity index (χ4v) is 3.84. The van der Waals surface area contributed by atoms with E-state index in [0.717, 1.165) is 23.1 Å². The van der Waals surface area contributed by atoms with Crippen LogP contribution < -0.4 is 14.4 Å². The lowest BCUT2D eigenvalue weighted by Crippen LogP contribution is -2.39. The van der Waals surface area contributed by atoms with Crippen LogP contribution in [0.1, 0.15) is 5.89 Å². The highest BCUT2D eigenvalue weighted by Crippen LogP contribution is 2.36. The number of benzene rings is 2. The molecule has 4 heterocycles. The van der Waals surface area contributed by atoms with Crippen molar-refractivity contribution in [3.05, 3.63) is 53.9 Å². The van der Waals surface area contributed by atoms with Gasteiger partial charge >= 0.3 is 0 Å². The lowest BCUT2D eigenvalue weighted by Gasteiger charge is -2.19. The molecule has 3 aromatic rings. The SMILES string of the molecule is O=C1[C@H]2N=NN(Cc3nc(-c4ccc5c(c4)OCO5)no3)[C@H]2C(=O)N1c1ccc(F)c(F)c1. The lowest BCUT2D eigenvalue weighted by molar-refractivity contribution is -0.123. The Morgan fingerprint density at radius 3 is 2.70 bits per heavy atom. The van der Waals surface area contributed by atoms with Gasteiger partial charge in [0, 0.05) is 11.6 Å². The highest BCUT2D eigenvalue weighted by atomic mass is 19.2. The van der Waals surface area contributed by atoms with E-state index in [1.165, 1.54) is 5.01 Å². The first-order valence-corrected chi connectivity index (χ1v) is 9.72. The molecular formula is C20H12F2N6O5. The second kappa shape index (κ2) is 7.05. The quantitative estimate of drug-likeness (QED) is 0.550. The molecule has 3 aliphatic heterocycles. The Morgan fingerprint density at radius 2 is 1.85 bits per heavy atom. The molecule has 0 aliphatic carbocycles. The van der Waals surface area contributed by atoms with Gasteiger partial charge in [-0.25, -0.2) is 13.7 Å². The molecule has 13 heteroatoms. The molecule has 2 aromatic carbocycles. The second-order valence-corrected chi connectivity index (χ2v) is 7.38. The molecule has 1 fully saturated rings. The first-order valence-electron chi connectivity index (χ1n) is 9.72. The first-order chi connectivity index (χ1) is 16.0. The van der Waals surface area contributed by atoms with Crippen LogP contribution in [0.25, 0.3) is 11.4 Å². The topological polar surface area (TPSA) is 123 Å². The molecule has 3 aliphatic rings. The van der Waals surface area contributed by atoms with Crippen LogP contribution in [-0.2, 0) is 16.1 Å². The van der Waals surface area contributed by atoms with Gasteiger partial charge in [-0.3, -0.25) is 14.6 Å². The number of carbonyl (C=O) groups excluding carboxylic acids is 2. The molecule has 33 heavy (non-hydrogen) atoms. The summed E-state index contributed by atoms with van der Waals surface area (Å²) in [5, 5.41) is 13.0. The van der Waals surface area contributed by atoms with Crippen molar-refractivity contribution < 1.29 is 32.4 Å². The minimum Gasteiger partial charge on any atom is -0.454 e. The van der Waals surface area contributed by atoms with Gasteiger partial charge in [0.15, 0.2) is 35.2 Å². The van der Waals surface area contributed by atoms with Crippen LogP contribution >= 0.6 is 0 Å². The Hall–Kier alpha value is -4.42. The maximum Gasteiger partial charge on any atom is 0.263 e. The number of hydrogen-bond acceptors (Lipinski definition) is 10. The van der Waals surface area contributed by atoms with Crippen molar-refractivity contribution in [1.29, 1.82) is 0 Å². The number of halogens is 2. The summed E-state index contributed by atoms with van der Waals surface area (Å²) >= 11 is 0. The fraction of sp³-hybridized carbons (Fsp3) is 0.200. The second-order valence-electron chi connectivity index (χ2n) is 7.38. The molecule has 2 amide bonds. The highest BCUT2D eigenvalue weighted by molar-refractivity contribution is 6.25. The predicted octanol–water partition coefficient (Wildman–Crippen LogP) is 2.24. The van der Waals surface area contributed by atoms with Gasteiger partial charge in [0.25, 0.3) is 11.8 Å². The van der Waals surface area contributed by atoms with Gasteiger partial charge in [0.2, 0.25) is 18.5 Å². The fourth-order valence-electron chi connectivity index (χ4n) is 3.84. The van der Waals surface area contributed by atoms with E-state index in [9.17, 15) is 18.4 Å². The van der Waals surface area contributed by atoms with Crippen LogP contribution in [-0.4, -0.2) is 45.8 Å². The number of hydrogen-bond donors (Lipinski definition) is 0. The normalized spacial score (nSPS) is 20.8. The molecule has 0 unspecified atom stereocenters. The minimum absolute atomic E-state index is 0.0867. The van der Waals surface area contributed by atoms with Crippen molar-refractivity contribution in [3.8, 4) is 22.9 Å². The largest absolute Gasteiger partial charge is 0.454 e. The number of anilines is 1. The number of nitrogens with zero attached hydrogens (tertiary/aromatic N) is 6. The standard InChI is InChI=1S/C20H12F2N6O5/c21-11-3-2-10(6-12(11)22)28-19(29)16-17(20(28)30)27(26-24-16)7-15-23-18(25-33-15)9-1-4-13-14(5-9)32-8-31-13/h1-6,16-17H,7-8H2/t16-,17+/m0/s1. The van der Waals surface area contributed by atoms with Gasteiger partial charge in [-0.2, -0.15) is 10.1 Å². The molecule has 2 atom stereocenters. The van der Waals surface area contributed by atoms with Crippen LogP contribution in [0.4, 0.5) is 14.5 Å². The van der Waals surface area contributed by atoms with Crippen molar-refractivity contribution in [2.24, 2.45) is 10.3 Å². The molecule has 1 saturated heterocycles. The van der Waals surface area contributed by atoms with E-state index >= 15 is 0 Å². The van der Waals surface area contributed by atoms with Crippen LogP contribution in [0, 0.1) is 11.6 Å². The average Bonchev–Trinajstić information content (AvgIpc) is 3.57. The van der Waals surface area contributed by atoms with E-state index in [2.05, 4.69) is 20.5 Å². The highest BCUT2D eigenvalue weighted by Gasteiger charge is 2.55. The van der Waals surface area contributed by atoms with Gasteiger partial charge in [-0.1, -0.05) is 10.4 Å². The van der Waals surface area contributed by atoms with Crippen molar-refractivity contribution in [2.75, 3.05) is 11.7 Å². The van der Waals surface area contributed by atoms with Gasteiger partial charge in [-0.15, -0.1) is 0 Å². The van der Waals surface area contributed by atoms with Crippen molar-refractivity contribution >= 4 is 17.5 Å². The summed E-state index contributed by atoms with van der Waals surface area (Å²) in [4.78, 5) is 30.8. The molecule has 166 valence electrons. The Morgan fingerprint density at radius 1 is 1.00 bits per heavy atom. The van der Waals surface area contributed by atoms with Crippen LogP contribution in [0.2, 0.25) is 0 Å². The zero-order chi connectivity index (χ0) is 22.7. The Kier molecular flexibility index (Phi) is 4.12. The maximum atomic E-state index is 13.6. The number of ether oxygens (including phenoxy) is 2. The van der Waals surface area contributed by atoms with Crippen molar-refractivity contribution in [1.82, 2.24) is 15.1 Å². The average molecular weight is 454 g/mol. The van der Waals surface area contributed by atoms with E-state index in [4.69, 9.17) is 14.0 Å². The number of carbonyl (C=O) groups is 2. The Balaban J connectivity index is 1.22. The van der Waals surface area contributed by atoms with Crippen LogP contribution in [0.3, 0.4) is 0 Å². The molecular weight excluding hydrogens is 442 g/mol. The zero-order valence-corrected chi connectivity index (χ0v) is 16.5. The summed E-state index contributed by atoms with van der Waals surface area (Å²) in [6.07, 6.45) is 0. The van der Waals surface area contributed by atoms with Crippen molar-refractivity contribution in [2.45, 2.75) is 18.6 Å². The van der Waals surface area contributed by atoms with Gasteiger partial charge in [-0.05, 0) is 30.3 Å². The first kappa shape index (κ1) is 19.3. The number of imide groups is 1. The van der Waals surface area contributed by atoms with E-state index in [1.807, 2.05) is 0 Å². The summed E-state index contributed by atoms with van der Waals surface area (Å²) in [6.45, 7) is 0.0417. The summed E-state index contributed by atoms with van der Waals surface area (Å²) in [5.74, 6) is -2.03. The number of amides is 2. The molecule has 0 bridgehead atoms. The minimum atomic E-state index is -1.18. The third-order valence-corrected chi connectivity index (χ3v) is 5.42. The molecule has 0 saturated carbocycles. The summed E-state index contributed by atoms with van der Waals surface area (Å²) in [7, 11) is 0. The Labute approximate surface area is 183 Å². The van der Waals surface area contributed by atoms with E-state index in [0.29, 0.717) is 17.1 Å². The number of aromatic nitrogens is 2. The maximum absolute atomic E-state index is 13.6. The van der Waals surface area contributed by atoms with E-state index in [-0.39, 0.29) is 30.7 Å². The van der Waals surface area contributed by atoms with E-state index in [1.54, 1.807) is 18.2 Å². The molecule has 0 spiro atoms. The molecule has 11 nitrogen and oxygen atoms in total. The summed E-state index contributed by atoms with van der Waals surface area (Å²) in [5.41, 5.74) is 0.545. The molecule has 1 aromatic heterocycles. The third-order valence-electron chi connectivity index (χ3n) is 5.42. The number of rotatable bonds is 4. The smallest absolute Gasteiger partial charge is 0.263 e. The summed E-state index contributed by atoms with van der Waals surface area (Å²) < 4.78 is 42.8. The third kappa shape index (κ3) is 3.00. The van der Waals surface area contributed by atoms with Gasteiger partial charge in [0.1, 0.15) is 6.54 Å². The molecule has 0 N–H and O–H groups in total. The monoisotopic (exact) mass is 454 g/mol. The van der Waals surface area contributed by atoms with Gasteiger partial charge in [0.05, 0.1) is 5.69 Å². The van der Waals surface area contributed by atoms with Crippen molar-refractivity contribution in [3.63, 3.8) is 0 Å². The molecule has 0 radical (unpaired) electrons. The van der Waals surface area contributed by atoms with Gasteiger partial charge < -0.3 is 14.0 Å². The van der Waals surface area contributed by atoms with Crippen LogP contribution in [0.5, 0.6) is 11.5 Å². The number of fused-ring (bicyclic) bond motifs is 2. The molecule has 6 rings (SSSR count). The summed E-state index contributed by atoms with van der Waals surface area (Å²) in [6, 6.07) is 5.77. The lowest BCUT2D eigenvalue weighted by atomic mass is 10.1.